The van der Waals surface area contributed by atoms with E-state index >= 15 is 0 Å². The summed E-state index contributed by atoms with van der Waals surface area (Å²) in [4.78, 5) is 14.4. The fraction of sp³-hybridized carbons (Fsp3) is 0.938. The molecule has 0 aliphatic carbocycles. The van der Waals surface area contributed by atoms with Crippen LogP contribution in [0.15, 0.2) is 0 Å². The molecule has 23 heavy (non-hydrogen) atoms. The first-order valence-corrected chi connectivity index (χ1v) is 8.21. The lowest BCUT2D eigenvalue weighted by atomic mass is 9.91. The minimum Gasteiger partial charge on any atom is -0.383 e. The highest BCUT2D eigenvalue weighted by Gasteiger charge is 2.31. The van der Waals surface area contributed by atoms with Crippen LogP contribution in [0.3, 0.4) is 0 Å². The first kappa shape index (κ1) is 25.2. The summed E-state index contributed by atoms with van der Waals surface area (Å²) in [6, 6.07) is 0. The molecule has 2 N–H and O–H groups in total. The molecule has 0 spiro atoms. The number of hydrogen-bond donors (Lipinski definition) is 2. The molecule has 0 aromatic heterocycles. The topological polar surface area (TPSA) is 53.6 Å². The normalized spacial score (nSPS) is 18.7. The van der Waals surface area contributed by atoms with Gasteiger partial charge in [-0.2, -0.15) is 0 Å². The second-order valence-electron chi connectivity index (χ2n) is 6.62. The lowest BCUT2D eigenvalue weighted by Gasteiger charge is -2.43. The molecule has 5 nitrogen and oxygen atoms in total. The van der Waals surface area contributed by atoms with Crippen molar-refractivity contribution in [1.29, 1.82) is 0 Å². The van der Waals surface area contributed by atoms with Gasteiger partial charge in [0.25, 0.3) is 0 Å². The molecule has 140 valence electrons. The maximum atomic E-state index is 11.8. The molecule has 0 radical (unpaired) electrons. The summed E-state index contributed by atoms with van der Waals surface area (Å²) in [6.45, 7) is 11.4. The molecule has 0 aromatic carbocycles. The van der Waals surface area contributed by atoms with Gasteiger partial charge in [0.2, 0.25) is 5.91 Å². The van der Waals surface area contributed by atoms with E-state index in [4.69, 9.17) is 4.74 Å². The summed E-state index contributed by atoms with van der Waals surface area (Å²) in [5.74, 6) is 0.868. The fourth-order valence-corrected chi connectivity index (χ4v) is 2.81. The van der Waals surface area contributed by atoms with Crippen molar-refractivity contribution in [1.82, 2.24) is 15.5 Å². The summed E-state index contributed by atoms with van der Waals surface area (Å²) >= 11 is 0. The molecule has 0 saturated carbocycles. The fourth-order valence-electron chi connectivity index (χ4n) is 2.81. The van der Waals surface area contributed by atoms with Crippen LogP contribution in [0.1, 0.15) is 40.0 Å². The zero-order valence-electron chi connectivity index (χ0n) is 15.0. The Morgan fingerprint density at radius 1 is 1.35 bits per heavy atom. The zero-order chi connectivity index (χ0) is 15.7. The highest BCUT2D eigenvalue weighted by atomic mass is 35.5. The Hall–Kier alpha value is -0.0700. The molecule has 1 heterocycles. The van der Waals surface area contributed by atoms with Crippen molar-refractivity contribution in [2.45, 2.75) is 45.6 Å². The number of hydrogen-bond acceptors (Lipinski definition) is 4. The second-order valence-corrected chi connectivity index (χ2v) is 6.62. The van der Waals surface area contributed by atoms with Crippen LogP contribution in [0.5, 0.6) is 0 Å². The number of methoxy groups -OCH3 is 1. The number of halogens is 2. The van der Waals surface area contributed by atoms with Gasteiger partial charge in [-0.05, 0) is 39.2 Å². The summed E-state index contributed by atoms with van der Waals surface area (Å²) in [6.07, 6.45) is 3.87. The first-order chi connectivity index (χ1) is 9.99. The van der Waals surface area contributed by atoms with Crippen molar-refractivity contribution in [2.75, 3.05) is 46.4 Å². The highest BCUT2D eigenvalue weighted by molar-refractivity contribution is 5.85. The second kappa shape index (κ2) is 13.2. The van der Waals surface area contributed by atoms with Gasteiger partial charge in [0.05, 0.1) is 13.2 Å². The van der Waals surface area contributed by atoms with E-state index in [9.17, 15) is 4.79 Å². The Bertz CT molecular complexity index is 318. The first-order valence-electron chi connectivity index (χ1n) is 8.21. The van der Waals surface area contributed by atoms with Gasteiger partial charge in [0.15, 0.2) is 0 Å². The molecule has 1 rings (SSSR count). The van der Waals surface area contributed by atoms with E-state index in [1.807, 2.05) is 0 Å². The predicted octanol–water partition coefficient (Wildman–Crippen LogP) is 2.08. The molecule has 1 fully saturated rings. The lowest BCUT2D eigenvalue weighted by molar-refractivity contribution is -0.120. The van der Waals surface area contributed by atoms with Crippen molar-refractivity contribution in [2.24, 2.45) is 5.92 Å². The summed E-state index contributed by atoms with van der Waals surface area (Å²) in [5, 5.41) is 6.11. The number of piperidine rings is 1. The third-order valence-corrected chi connectivity index (χ3v) is 4.44. The van der Waals surface area contributed by atoms with Crippen LogP contribution in [0.4, 0.5) is 0 Å². The van der Waals surface area contributed by atoms with E-state index in [1.54, 1.807) is 7.11 Å². The van der Waals surface area contributed by atoms with Crippen molar-refractivity contribution in [3.8, 4) is 0 Å². The monoisotopic (exact) mass is 371 g/mol. The molecule has 0 aromatic rings. The van der Waals surface area contributed by atoms with Crippen molar-refractivity contribution >= 4 is 30.7 Å². The Kier molecular flexibility index (Phi) is 14.5. The lowest BCUT2D eigenvalue weighted by Crippen LogP contribution is -2.55. The van der Waals surface area contributed by atoms with Crippen LogP contribution < -0.4 is 10.6 Å². The molecule has 1 aliphatic heterocycles. The van der Waals surface area contributed by atoms with Gasteiger partial charge in [-0.15, -0.1) is 24.8 Å². The molecular weight excluding hydrogens is 337 g/mol. The van der Waals surface area contributed by atoms with Crippen LogP contribution in [0.2, 0.25) is 0 Å². The molecule has 1 amide bonds. The number of carbonyl (C=O) groups excluding carboxylic acids is 1. The molecule has 1 unspecified atom stereocenters. The molecular formula is C16H35Cl2N3O2. The quantitative estimate of drug-likeness (QED) is 0.609. The van der Waals surface area contributed by atoms with Crippen molar-refractivity contribution in [3.05, 3.63) is 0 Å². The Labute approximate surface area is 154 Å². The molecule has 7 heteroatoms. The minimum absolute atomic E-state index is 0. The Balaban J connectivity index is 0. The third kappa shape index (κ3) is 9.72. The maximum Gasteiger partial charge on any atom is 0.234 e. The Morgan fingerprint density at radius 2 is 2.04 bits per heavy atom. The van der Waals surface area contributed by atoms with Crippen LogP contribution >= 0.6 is 24.8 Å². The minimum atomic E-state index is 0. The number of ether oxygens (including phenoxy) is 1. The van der Waals surface area contributed by atoms with Gasteiger partial charge in [-0.25, -0.2) is 0 Å². The smallest absolute Gasteiger partial charge is 0.234 e. The number of carbonyl (C=O) groups is 1. The number of rotatable bonds is 9. The highest BCUT2D eigenvalue weighted by Crippen LogP contribution is 2.25. The van der Waals surface area contributed by atoms with E-state index in [0.717, 1.165) is 19.0 Å². The third-order valence-electron chi connectivity index (χ3n) is 4.44. The standard InChI is InChI=1S/C16H33N3O2.2ClH/c1-5-14-7-6-9-19(12-14)16(2,3)13-18-15(20)11-17-8-10-21-4;;/h14,17H,5-13H2,1-4H3,(H,18,20);2*1H. The van der Waals surface area contributed by atoms with Crippen molar-refractivity contribution < 1.29 is 9.53 Å². The number of likely N-dealkylation sites (tertiary alicyclic amines) is 1. The van der Waals surface area contributed by atoms with Crippen LogP contribution in [0, 0.1) is 5.92 Å². The van der Waals surface area contributed by atoms with Crippen LogP contribution in [-0.4, -0.2) is 62.8 Å². The molecule has 1 atom stereocenters. The Morgan fingerprint density at radius 3 is 2.65 bits per heavy atom. The molecule has 0 bridgehead atoms. The van der Waals surface area contributed by atoms with E-state index in [1.165, 1.54) is 19.3 Å². The number of nitrogens with one attached hydrogen (secondary N) is 2. The van der Waals surface area contributed by atoms with Crippen molar-refractivity contribution in [3.63, 3.8) is 0 Å². The van der Waals surface area contributed by atoms with E-state index in [-0.39, 0.29) is 36.3 Å². The molecule has 1 aliphatic rings. The van der Waals surface area contributed by atoms with Gasteiger partial charge in [-0.1, -0.05) is 13.3 Å². The van der Waals surface area contributed by atoms with E-state index in [2.05, 4.69) is 36.3 Å². The van der Waals surface area contributed by atoms with Gasteiger partial charge in [-0.3, -0.25) is 9.69 Å². The summed E-state index contributed by atoms with van der Waals surface area (Å²) in [5.41, 5.74) is 0.0238. The largest absolute Gasteiger partial charge is 0.383 e. The van der Waals surface area contributed by atoms with Gasteiger partial charge in [0.1, 0.15) is 0 Å². The predicted molar refractivity (Wildman–Crippen MR) is 101 cm³/mol. The summed E-state index contributed by atoms with van der Waals surface area (Å²) < 4.78 is 4.94. The van der Waals surface area contributed by atoms with Crippen LogP contribution in [-0.2, 0) is 9.53 Å². The van der Waals surface area contributed by atoms with Gasteiger partial charge in [0, 0.05) is 32.3 Å². The summed E-state index contributed by atoms with van der Waals surface area (Å²) in [7, 11) is 1.66. The molecule has 1 saturated heterocycles. The van der Waals surface area contributed by atoms with E-state index in [0.29, 0.717) is 26.2 Å². The maximum absolute atomic E-state index is 11.8. The van der Waals surface area contributed by atoms with Crippen LogP contribution in [0.25, 0.3) is 0 Å². The van der Waals surface area contributed by atoms with E-state index < -0.39 is 0 Å². The van der Waals surface area contributed by atoms with Gasteiger partial charge >= 0.3 is 0 Å². The number of amides is 1. The van der Waals surface area contributed by atoms with Gasteiger partial charge < -0.3 is 15.4 Å². The zero-order valence-corrected chi connectivity index (χ0v) is 16.7. The number of nitrogens with zero attached hydrogens (tertiary/aromatic N) is 1. The SMILES string of the molecule is CCC1CCCN(C(C)(C)CNC(=O)CNCCOC)C1.Cl.Cl. The average molecular weight is 372 g/mol. The average Bonchev–Trinajstić information content (AvgIpc) is 2.50.